The molecular formula is C37H51N5O10S. The molecule has 2 heterocycles. The molecule has 4 amide bonds. The number of fused-ring (bicyclic) bond motifs is 1. The van der Waals surface area contributed by atoms with Gasteiger partial charge in [-0.25, -0.2) is 18.2 Å². The van der Waals surface area contributed by atoms with Crippen LogP contribution in [-0.4, -0.2) is 97.0 Å². The van der Waals surface area contributed by atoms with Gasteiger partial charge in [-0.1, -0.05) is 26.8 Å². The van der Waals surface area contributed by atoms with Crippen molar-refractivity contribution in [3.8, 4) is 17.4 Å². The van der Waals surface area contributed by atoms with Gasteiger partial charge in [0.2, 0.25) is 27.7 Å². The number of methoxy groups -OCH3 is 1. The molecule has 290 valence electrons. The van der Waals surface area contributed by atoms with E-state index in [0.717, 1.165) is 0 Å². The van der Waals surface area contributed by atoms with Crippen LogP contribution in [0.25, 0.3) is 10.9 Å². The zero-order valence-corrected chi connectivity index (χ0v) is 32.4. The first-order valence-electron chi connectivity index (χ1n) is 17.8. The standard InChI is InChI=1S/C37H51N5O10S/c1-10-21-19-37(21,33(45)41-53(47,48)24-13-14-24)40-31(43)27-17-23(20-42(27)32(44)30(35(3,4)5)39-34(46)52-36(6,7)8)51-28-18-29(50-11-2)38-26-16-22(49-9)12-15-25(26)28/h10,12,15-16,18,21,23-24,27,30H,1,11,13-14,17,19-20H2,2-9H3,(H,39,46)(H,40,43)(H,41,45)/t21?,23-,27+,30-,37?/m1/s1. The molecule has 0 bridgehead atoms. The van der Waals surface area contributed by atoms with Gasteiger partial charge in [-0.3, -0.25) is 19.1 Å². The fourth-order valence-electron chi connectivity index (χ4n) is 6.41. The van der Waals surface area contributed by atoms with E-state index in [1.807, 2.05) is 6.92 Å². The molecule has 2 saturated carbocycles. The largest absolute Gasteiger partial charge is 0.497 e. The Hall–Kier alpha value is -4.60. The van der Waals surface area contributed by atoms with Gasteiger partial charge in [0.15, 0.2) is 0 Å². The van der Waals surface area contributed by atoms with Crippen molar-refractivity contribution in [1.29, 1.82) is 0 Å². The number of carbonyl (C=O) groups is 4. The molecule has 3 fully saturated rings. The highest BCUT2D eigenvalue weighted by Gasteiger charge is 2.62. The van der Waals surface area contributed by atoms with Gasteiger partial charge in [-0.15, -0.1) is 6.58 Å². The number of alkyl carbamates (subject to hydrolysis) is 1. The molecule has 1 saturated heterocycles. The molecule has 53 heavy (non-hydrogen) atoms. The summed E-state index contributed by atoms with van der Waals surface area (Å²) >= 11 is 0. The minimum Gasteiger partial charge on any atom is -0.497 e. The number of likely N-dealkylation sites (tertiary alicyclic amines) is 1. The van der Waals surface area contributed by atoms with E-state index in [9.17, 15) is 27.6 Å². The SMILES string of the molecule is C=CC1CC1(NC(=O)[C@@H]1C[C@@H](Oc2cc(OCC)nc3cc(OC)ccc23)CN1C(=O)[C@@H](NC(=O)OC(C)(C)C)C(C)(C)C)C(=O)NS(=O)(=O)C1CC1. The number of nitrogens with one attached hydrogen (secondary N) is 3. The number of aromatic nitrogens is 1. The maximum Gasteiger partial charge on any atom is 0.408 e. The molecule has 1 aromatic carbocycles. The van der Waals surface area contributed by atoms with Crippen molar-refractivity contribution in [3.05, 3.63) is 36.9 Å². The van der Waals surface area contributed by atoms with Gasteiger partial charge < -0.3 is 34.5 Å². The number of rotatable bonds is 13. The van der Waals surface area contributed by atoms with Crippen LogP contribution in [0.2, 0.25) is 0 Å². The number of amides is 4. The van der Waals surface area contributed by atoms with E-state index < -0.39 is 79.7 Å². The second-order valence-electron chi connectivity index (χ2n) is 15.9. The predicted molar refractivity (Wildman–Crippen MR) is 196 cm³/mol. The quantitative estimate of drug-likeness (QED) is 0.253. The summed E-state index contributed by atoms with van der Waals surface area (Å²) in [6.45, 7) is 16.3. The Kier molecular flexibility index (Phi) is 11.0. The second-order valence-corrected chi connectivity index (χ2v) is 17.8. The zero-order valence-electron chi connectivity index (χ0n) is 31.6. The highest BCUT2D eigenvalue weighted by atomic mass is 32.2. The maximum atomic E-state index is 14.5. The van der Waals surface area contributed by atoms with Gasteiger partial charge in [0.25, 0.3) is 5.91 Å². The first kappa shape index (κ1) is 39.6. The van der Waals surface area contributed by atoms with Crippen LogP contribution in [0.4, 0.5) is 4.79 Å². The Bertz CT molecular complexity index is 1880. The van der Waals surface area contributed by atoms with Gasteiger partial charge in [0, 0.05) is 29.9 Å². The third kappa shape index (κ3) is 8.96. The highest BCUT2D eigenvalue weighted by molar-refractivity contribution is 7.91. The number of benzene rings is 1. The third-order valence-corrected chi connectivity index (χ3v) is 11.2. The Morgan fingerprint density at radius 2 is 1.81 bits per heavy atom. The summed E-state index contributed by atoms with van der Waals surface area (Å²) in [4.78, 5) is 61.2. The van der Waals surface area contributed by atoms with Crippen molar-refractivity contribution in [2.75, 3.05) is 20.3 Å². The molecule has 1 aliphatic heterocycles. The van der Waals surface area contributed by atoms with Gasteiger partial charge in [-0.2, -0.15) is 0 Å². The van der Waals surface area contributed by atoms with E-state index in [1.165, 1.54) is 11.0 Å². The van der Waals surface area contributed by atoms with Crippen molar-refractivity contribution in [2.45, 2.75) is 109 Å². The van der Waals surface area contributed by atoms with E-state index in [4.69, 9.17) is 18.9 Å². The third-order valence-electron chi connectivity index (χ3n) is 9.41. The van der Waals surface area contributed by atoms with Crippen LogP contribution in [0.3, 0.4) is 0 Å². The number of ether oxygens (including phenoxy) is 4. The average Bonchev–Trinajstić information content (AvgIpc) is 3.98. The minimum absolute atomic E-state index is 0.00163. The Morgan fingerprint density at radius 3 is 2.38 bits per heavy atom. The molecule has 0 radical (unpaired) electrons. The molecule has 16 heteroatoms. The summed E-state index contributed by atoms with van der Waals surface area (Å²) in [7, 11) is -2.37. The Labute approximate surface area is 310 Å². The molecular weight excluding hydrogens is 706 g/mol. The summed E-state index contributed by atoms with van der Waals surface area (Å²) in [5.41, 5.74) is -2.70. The lowest BCUT2D eigenvalue weighted by Gasteiger charge is -2.36. The van der Waals surface area contributed by atoms with Crippen molar-refractivity contribution in [3.63, 3.8) is 0 Å². The summed E-state index contributed by atoms with van der Waals surface area (Å²) < 4.78 is 50.7. The van der Waals surface area contributed by atoms with Crippen molar-refractivity contribution in [2.24, 2.45) is 11.3 Å². The van der Waals surface area contributed by atoms with E-state index in [2.05, 4.69) is 26.9 Å². The van der Waals surface area contributed by atoms with Crippen LogP contribution in [0.5, 0.6) is 17.4 Å². The van der Waals surface area contributed by atoms with E-state index in [-0.39, 0.29) is 19.4 Å². The van der Waals surface area contributed by atoms with Crippen LogP contribution in [0.15, 0.2) is 36.9 Å². The first-order valence-corrected chi connectivity index (χ1v) is 19.3. The zero-order chi connectivity index (χ0) is 39.1. The first-order chi connectivity index (χ1) is 24.7. The molecule has 5 atom stereocenters. The lowest BCUT2D eigenvalue weighted by atomic mass is 9.85. The molecule has 2 unspecified atom stereocenters. The fraction of sp³-hybridized carbons (Fsp3) is 0.595. The normalized spacial score (nSPS) is 23.4. The van der Waals surface area contributed by atoms with Crippen LogP contribution in [-0.2, 0) is 29.1 Å². The summed E-state index contributed by atoms with van der Waals surface area (Å²) in [6.07, 6.45) is 0.979. The lowest BCUT2D eigenvalue weighted by molar-refractivity contribution is -0.143. The fourth-order valence-corrected chi connectivity index (χ4v) is 7.78. The van der Waals surface area contributed by atoms with Crippen LogP contribution >= 0.6 is 0 Å². The number of sulfonamides is 1. The van der Waals surface area contributed by atoms with Crippen LogP contribution < -0.4 is 29.6 Å². The molecule has 2 aliphatic carbocycles. The molecule has 3 aliphatic rings. The Balaban J connectivity index is 1.48. The molecule has 0 spiro atoms. The molecule has 3 N–H and O–H groups in total. The number of pyridine rings is 1. The van der Waals surface area contributed by atoms with E-state index in [0.29, 0.717) is 47.7 Å². The topological polar surface area (TPSA) is 192 Å². The number of hydrogen-bond acceptors (Lipinski definition) is 11. The summed E-state index contributed by atoms with van der Waals surface area (Å²) in [6, 6.07) is 4.61. The average molecular weight is 758 g/mol. The highest BCUT2D eigenvalue weighted by Crippen LogP contribution is 2.46. The number of hydrogen-bond donors (Lipinski definition) is 3. The maximum absolute atomic E-state index is 14.5. The molecule has 15 nitrogen and oxygen atoms in total. The lowest BCUT2D eigenvalue weighted by Crippen LogP contribution is -2.60. The Morgan fingerprint density at radius 1 is 1.11 bits per heavy atom. The van der Waals surface area contributed by atoms with Gasteiger partial charge in [0.05, 0.1) is 31.0 Å². The second kappa shape index (κ2) is 14.7. The van der Waals surface area contributed by atoms with Crippen LogP contribution in [0.1, 0.15) is 74.1 Å². The van der Waals surface area contributed by atoms with Gasteiger partial charge in [-0.05, 0) is 64.5 Å². The van der Waals surface area contributed by atoms with Crippen LogP contribution in [0, 0.1) is 11.3 Å². The minimum atomic E-state index is -3.91. The number of nitrogens with zero attached hydrogens (tertiary/aromatic N) is 2. The van der Waals surface area contributed by atoms with E-state index >= 15 is 0 Å². The summed E-state index contributed by atoms with van der Waals surface area (Å²) in [5, 5.41) is 5.48. The summed E-state index contributed by atoms with van der Waals surface area (Å²) in [5.74, 6) is -1.37. The van der Waals surface area contributed by atoms with E-state index in [1.54, 1.807) is 72.9 Å². The smallest absolute Gasteiger partial charge is 0.408 e. The monoisotopic (exact) mass is 757 g/mol. The predicted octanol–water partition coefficient (Wildman–Crippen LogP) is 3.60. The molecule has 2 aromatic rings. The molecule has 1 aromatic heterocycles. The van der Waals surface area contributed by atoms with Crippen molar-refractivity contribution >= 4 is 44.7 Å². The molecule has 5 rings (SSSR count). The van der Waals surface area contributed by atoms with Crippen molar-refractivity contribution < 1.29 is 46.5 Å². The van der Waals surface area contributed by atoms with Crippen molar-refractivity contribution in [1.82, 2.24) is 25.2 Å². The number of carbonyl (C=O) groups excluding carboxylic acids is 4. The van der Waals surface area contributed by atoms with Gasteiger partial charge >= 0.3 is 6.09 Å². The van der Waals surface area contributed by atoms with Gasteiger partial charge in [0.1, 0.15) is 40.8 Å².